The fourth-order valence-corrected chi connectivity index (χ4v) is 3.49. The van der Waals surface area contributed by atoms with Crippen LogP contribution in [0, 0.1) is 5.92 Å². The fourth-order valence-electron chi connectivity index (χ4n) is 2.41. The molecular weight excluding hydrogens is 272 g/mol. The molecule has 0 aromatic heterocycles. The number of aliphatic imine (C=N–C) groups is 1. The van der Waals surface area contributed by atoms with Gasteiger partial charge in [0.1, 0.15) is 0 Å². The minimum Gasteiger partial charge on any atom is -0.346 e. The molecular formula is C12H15ClN2O2S. The Bertz CT molecular complexity index is 573. The second-order valence-electron chi connectivity index (χ2n) is 5.10. The first kappa shape index (κ1) is 12.2. The molecule has 18 heavy (non-hydrogen) atoms. The van der Waals surface area contributed by atoms with E-state index in [4.69, 9.17) is 11.6 Å². The van der Waals surface area contributed by atoms with Crippen LogP contribution in [0.1, 0.15) is 12.8 Å². The molecule has 3 rings (SSSR count). The van der Waals surface area contributed by atoms with Gasteiger partial charge in [0, 0.05) is 18.2 Å². The Morgan fingerprint density at radius 1 is 1.50 bits per heavy atom. The molecule has 0 bridgehead atoms. The van der Waals surface area contributed by atoms with Crippen molar-refractivity contribution in [3.8, 4) is 0 Å². The molecule has 1 fully saturated rings. The molecule has 1 aliphatic carbocycles. The topological polar surface area (TPSA) is 49.7 Å². The van der Waals surface area contributed by atoms with E-state index in [0.717, 1.165) is 24.1 Å². The lowest BCUT2D eigenvalue weighted by atomic mass is 10.1. The molecule has 2 heterocycles. The summed E-state index contributed by atoms with van der Waals surface area (Å²) in [5.74, 6) is 0.888. The molecule has 98 valence electrons. The van der Waals surface area contributed by atoms with Crippen LogP contribution < -0.4 is 0 Å². The Morgan fingerprint density at radius 2 is 2.22 bits per heavy atom. The summed E-state index contributed by atoms with van der Waals surface area (Å²) in [6, 6.07) is 0. The summed E-state index contributed by atoms with van der Waals surface area (Å²) in [6.45, 7) is 0.636. The molecule has 0 spiro atoms. The highest BCUT2D eigenvalue weighted by Gasteiger charge is 2.37. The summed E-state index contributed by atoms with van der Waals surface area (Å²) >= 11 is 5.80. The van der Waals surface area contributed by atoms with Crippen molar-refractivity contribution in [3.63, 3.8) is 0 Å². The average Bonchev–Trinajstić information content (AvgIpc) is 3.06. The number of hydrogen-bond acceptors (Lipinski definition) is 4. The molecule has 1 unspecified atom stereocenters. The van der Waals surface area contributed by atoms with Crippen molar-refractivity contribution in [2.45, 2.75) is 19.0 Å². The average molecular weight is 287 g/mol. The number of halogens is 1. The quantitative estimate of drug-likeness (QED) is 0.740. The van der Waals surface area contributed by atoms with Gasteiger partial charge in [-0.15, -0.1) is 11.6 Å². The van der Waals surface area contributed by atoms with Crippen LogP contribution in [-0.4, -0.2) is 43.9 Å². The first-order valence-corrected chi connectivity index (χ1v) is 8.42. The van der Waals surface area contributed by atoms with Crippen LogP contribution in [0.15, 0.2) is 27.7 Å². The standard InChI is InChI=1S/C12H15ClN2O2S/c1-18(16,17)11-4-9(8-2-3-8)6-15-7-10(5-13)14-12(11)15/h4,6,8,12H,2-3,5,7H2,1H3. The molecule has 0 N–H and O–H groups in total. The maximum atomic E-state index is 11.9. The summed E-state index contributed by atoms with van der Waals surface area (Å²) in [7, 11) is -3.22. The number of fused-ring (bicyclic) bond motifs is 1. The number of allylic oxidation sites excluding steroid dienone is 2. The van der Waals surface area contributed by atoms with Gasteiger partial charge in [-0.05, 0) is 30.4 Å². The Labute approximate surface area is 112 Å². The number of rotatable bonds is 3. The Balaban J connectivity index is 2.02. The van der Waals surface area contributed by atoms with E-state index in [1.165, 1.54) is 6.26 Å². The minimum absolute atomic E-state index is 0.358. The monoisotopic (exact) mass is 286 g/mol. The van der Waals surface area contributed by atoms with E-state index in [2.05, 4.69) is 11.2 Å². The molecule has 3 aliphatic rings. The third kappa shape index (κ3) is 2.10. The summed E-state index contributed by atoms with van der Waals surface area (Å²) in [5.41, 5.74) is 1.97. The molecule has 0 aromatic rings. The van der Waals surface area contributed by atoms with Gasteiger partial charge in [0.25, 0.3) is 0 Å². The van der Waals surface area contributed by atoms with Gasteiger partial charge >= 0.3 is 0 Å². The van der Waals surface area contributed by atoms with Crippen LogP contribution in [0.5, 0.6) is 0 Å². The number of alkyl halides is 1. The summed E-state index contributed by atoms with van der Waals surface area (Å²) in [4.78, 5) is 6.81. The van der Waals surface area contributed by atoms with E-state index < -0.39 is 16.0 Å². The van der Waals surface area contributed by atoms with E-state index >= 15 is 0 Å². The zero-order valence-corrected chi connectivity index (χ0v) is 11.7. The van der Waals surface area contributed by atoms with Crippen LogP contribution in [0.2, 0.25) is 0 Å². The lowest BCUT2D eigenvalue weighted by Crippen LogP contribution is -2.33. The summed E-state index contributed by atoms with van der Waals surface area (Å²) in [6.07, 6.45) is 7.04. The van der Waals surface area contributed by atoms with Crippen molar-refractivity contribution in [1.29, 1.82) is 0 Å². The van der Waals surface area contributed by atoms with E-state index in [1.807, 2.05) is 11.0 Å². The van der Waals surface area contributed by atoms with Crippen LogP contribution in [-0.2, 0) is 9.84 Å². The van der Waals surface area contributed by atoms with Crippen molar-refractivity contribution < 1.29 is 8.42 Å². The smallest absolute Gasteiger partial charge is 0.175 e. The van der Waals surface area contributed by atoms with E-state index in [-0.39, 0.29) is 0 Å². The van der Waals surface area contributed by atoms with Gasteiger partial charge in [-0.25, -0.2) is 8.42 Å². The Hall–Kier alpha value is -0.810. The predicted molar refractivity (Wildman–Crippen MR) is 72.4 cm³/mol. The molecule has 0 radical (unpaired) electrons. The summed E-state index contributed by atoms with van der Waals surface area (Å²) < 4.78 is 23.8. The zero-order chi connectivity index (χ0) is 12.9. The third-order valence-electron chi connectivity index (χ3n) is 3.49. The van der Waals surface area contributed by atoms with Crippen molar-refractivity contribution in [3.05, 3.63) is 22.8 Å². The van der Waals surface area contributed by atoms with Crippen LogP contribution >= 0.6 is 11.6 Å². The fraction of sp³-hybridized carbons (Fsp3) is 0.583. The Morgan fingerprint density at radius 3 is 2.78 bits per heavy atom. The molecule has 0 aromatic carbocycles. The second kappa shape index (κ2) is 4.10. The normalized spacial score (nSPS) is 27.6. The molecule has 4 nitrogen and oxygen atoms in total. The lowest BCUT2D eigenvalue weighted by Gasteiger charge is -2.28. The van der Waals surface area contributed by atoms with Gasteiger partial charge in [0.15, 0.2) is 16.0 Å². The van der Waals surface area contributed by atoms with Crippen LogP contribution in [0.3, 0.4) is 0 Å². The largest absolute Gasteiger partial charge is 0.346 e. The van der Waals surface area contributed by atoms with Crippen molar-refractivity contribution in [1.82, 2.24) is 4.90 Å². The molecule has 1 atom stereocenters. The highest BCUT2D eigenvalue weighted by Crippen LogP contribution is 2.41. The van der Waals surface area contributed by atoms with Gasteiger partial charge < -0.3 is 4.90 Å². The number of nitrogens with zero attached hydrogens (tertiary/aromatic N) is 2. The van der Waals surface area contributed by atoms with E-state index in [1.54, 1.807) is 0 Å². The molecule has 6 heteroatoms. The van der Waals surface area contributed by atoms with Crippen molar-refractivity contribution in [2.24, 2.45) is 10.9 Å². The first-order valence-electron chi connectivity index (χ1n) is 5.99. The predicted octanol–water partition coefficient (Wildman–Crippen LogP) is 1.54. The van der Waals surface area contributed by atoms with Gasteiger partial charge in [-0.2, -0.15) is 0 Å². The zero-order valence-electron chi connectivity index (χ0n) is 10.1. The van der Waals surface area contributed by atoms with Gasteiger partial charge in [-0.1, -0.05) is 0 Å². The highest BCUT2D eigenvalue weighted by molar-refractivity contribution is 7.94. The first-order chi connectivity index (χ1) is 8.49. The van der Waals surface area contributed by atoms with Crippen molar-refractivity contribution >= 4 is 27.1 Å². The summed E-state index contributed by atoms with van der Waals surface area (Å²) in [5, 5.41) is 0. The van der Waals surface area contributed by atoms with E-state index in [0.29, 0.717) is 23.2 Å². The van der Waals surface area contributed by atoms with Crippen molar-refractivity contribution in [2.75, 3.05) is 18.7 Å². The molecule has 0 amide bonds. The lowest BCUT2D eigenvalue weighted by molar-refractivity contribution is 0.380. The van der Waals surface area contributed by atoms with Crippen LogP contribution in [0.4, 0.5) is 0 Å². The second-order valence-corrected chi connectivity index (χ2v) is 7.38. The third-order valence-corrected chi connectivity index (χ3v) is 4.99. The molecule has 0 saturated heterocycles. The van der Waals surface area contributed by atoms with Gasteiger partial charge in [-0.3, -0.25) is 4.99 Å². The maximum absolute atomic E-state index is 11.9. The SMILES string of the molecule is CS(=O)(=O)C1=CC(C2CC2)=CN2CC(CCl)=NC12. The van der Waals surface area contributed by atoms with Gasteiger partial charge in [0.2, 0.25) is 0 Å². The minimum atomic E-state index is -3.22. The van der Waals surface area contributed by atoms with Gasteiger partial charge in [0.05, 0.1) is 17.3 Å². The maximum Gasteiger partial charge on any atom is 0.175 e. The molecule has 1 saturated carbocycles. The highest BCUT2D eigenvalue weighted by atomic mass is 35.5. The molecule has 2 aliphatic heterocycles. The Kier molecular flexibility index (Phi) is 2.79. The van der Waals surface area contributed by atoms with Crippen LogP contribution in [0.25, 0.3) is 0 Å². The van der Waals surface area contributed by atoms with E-state index in [9.17, 15) is 8.42 Å². The number of sulfone groups is 1. The number of hydrogen-bond donors (Lipinski definition) is 0.